The fourth-order valence-electron chi connectivity index (χ4n) is 2.39. The Morgan fingerprint density at radius 3 is 2.48 bits per heavy atom. The molecule has 112 valence electrons. The summed E-state index contributed by atoms with van der Waals surface area (Å²) in [4.78, 5) is 23.6. The van der Waals surface area contributed by atoms with E-state index in [2.05, 4.69) is 31.3 Å². The number of rotatable bonds is 4. The zero-order valence-electron chi connectivity index (χ0n) is 12.9. The van der Waals surface area contributed by atoms with Gasteiger partial charge in [-0.25, -0.2) is 4.79 Å². The summed E-state index contributed by atoms with van der Waals surface area (Å²) in [6.07, 6.45) is 0. The number of benzene rings is 1. The van der Waals surface area contributed by atoms with Gasteiger partial charge in [-0.3, -0.25) is 13.9 Å². The van der Waals surface area contributed by atoms with E-state index in [1.54, 1.807) is 7.05 Å². The number of hydrogen-bond donors (Lipinski definition) is 1. The summed E-state index contributed by atoms with van der Waals surface area (Å²) >= 11 is 0. The predicted molar refractivity (Wildman–Crippen MR) is 83.4 cm³/mol. The molecule has 5 heteroatoms. The van der Waals surface area contributed by atoms with Gasteiger partial charge in [0.25, 0.3) is 5.56 Å². The van der Waals surface area contributed by atoms with Crippen LogP contribution in [0.3, 0.4) is 0 Å². The summed E-state index contributed by atoms with van der Waals surface area (Å²) in [6.45, 7) is 4.61. The maximum absolute atomic E-state index is 11.9. The quantitative estimate of drug-likeness (QED) is 0.920. The highest BCUT2D eigenvalue weighted by Crippen LogP contribution is 2.16. The molecule has 0 saturated carbocycles. The lowest BCUT2D eigenvalue weighted by atomic mass is 10.0. The van der Waals surface area contributed by atoms with Crippen molar-refractivity contribution in [1.82, 2.24) is 14.5 Å². The molecule has 21 heavy (non-hydrogen) atoms. The molecule has 2 rings (SSSR count). The molecule has 0 unspecified atom stereocenters. The van der Waals surface area contributed by atoms with Crippen molar-refractivity contribution >= 4 is 0 Å². The molecule has 1 N–H and O–H groups in total. The van der Waals surface area contributed by atoms with Crippen LogP contribution in [0.4, 0.5) is 0 Å². The Morgan fingerprint density at radius 2 is 1.81 bits per heavy atom. The van der Waals surface area contributed by atoms with Crippen LogP contribution in [-0.4, -0.2) is 9.13 Å². The van der Waals surface area contributed by atoms with E-state index in [0.717, 1.165) is 4.57 Å². The summed E-state index contributed by atoms with van der Waals surface area (Å²) in [5.74, 6) is 0. The third kappa shape index (κ3) is 3.13. The number of hydrogen-bond acceptors (Lipinski definition) is 3. The molecule has 0 saturated heterocycles. The van der Waals surface area contributed by atoms with Gasteiger partial charge in [0.15, 0.2) is 0 Å². The predicted octanol–water partition coefficient (Wildman–Crippen LogP) is 1.24. The average molecular weight is 287 g/mol. The molecule has 0 radical (unpaired) electrons. The lowest BCUT2D eigenvalue weighted by Gasteiger charge is -2.17. The van der Waals surface area contributed by atoms with Crippen LogP contribution < -0.4 is 16.6 Å². The highest BCUT2D eigenvalue weighted by Gasteiger charge is 2.10. The first-order valence-corrected chi connectivity index (χ1v) is 6.96. The SMILES string of the molecule is Cc1ccccc1[C@H](C)NCc1cc(=O)n(C)c(=O)n1C. The number of aryl methyl sites for hydroxylation is 1. The third-order valence-corrected chi connectivity index (χ3v) is 3.87. The first kappa shape index (κ1) is 15.3. The maximum Gasteiger partial charge on any atom is 0.330 e. The zero-order valence-corrected chi connectivity index (χ0v) is 12.9. The van der Waals surface area contributed by atoms with Crippen LogP contribution in [0.15, 0.2) is 39.9 Å². The highest BCUT2D eigenvalue weighted by molar-refractivity contribution is 5.28. The monoisotopic (exact) mass is 287 g/mol. The van der Waals surface area contributed by atoms with Crippen LogP contribution in [0.5, 0.6) is 0 Å². The van der Waals surface area contributed by atoms with Crippen molar-refractivity contribution in [2.24, 2.45) is 14.1 Å². The van der Waals surface area contributed by atoms with E-state index in [1.165, 1.54) is 28.8 Å². The molecule has 0 bridgehead atoms. The Kier molecular flexibility index (Phi) is 4.43. The Bertz CT molecular complexity index is 759. The van der Waals surface area contributed by atoms with Gasteiger partial charge in [0.1, 0.15) is 0 Å². The Morgan fingerprint density at radius 1 is 1.14 bits per heavy atom. The molecule has 5 nitrogen and oxygen atoms in total. The van der Waals surface area contributed by atoms with E-state index in [4.69, 9.17) is 0 Å². The van der Waals surface area contributed by atoms with Crippen LogP contribution in [0.1, 0.15) is 29.8 Å². The Labute approximate surface area is 123 Å². The lowest BCUT2D eigenvalue weighted by Crippen LogP contribution is -2.39. The van der Waals surface area contributed by atoms with Crippen molar-refractivity contribution < 1.29 is 0 Å². The molecule has 2 aromatic rings. The molecular formula is C16H21N3O2. The van der Waals surface area contributed by atoms with Gasteiger partial charge in [0.05, 0.1) is 0 Å². The van der Waals surface area contributed by atoms with Crippen molar-refractivity contribution in [2.45, 2.75) is 26.4 Å². The Balaban J connectivity index is 2.20. The molecule has 0 amide bonds. The fourth-order valence-corrected chi connectivity index (χ4v) is 2.39. The van der Waals surface area contributed by atoms with Crippen molar-refractivity contribution in [1.29, 1.82) is 0 Å². The van der Waals surface area contributed by atoms with Gasteiger partial charge in [-0.1, -0.05) is 24.3 Å². The van der Waals surface area contributed by atoms with Gasteiger partial charge in [-0.2, -0.15) is 0 Å². The number of aromatic nitrogens is 2. The molecule has 1 atom stereocenters. The second kappa shape index (κ2) is 6.10. The average Bonchev–Trinajstić information content (AvgIpc) is 2.47. The Hall–Kier alpha value is -2.14. The molecular weight excluding hydrogens is 266 g/mol. The van der Waals surface area contributed by atoms with E-state index < -0.39 is 0 Å². The zero-order chi connectivity index (χ0) is 15.6. The number of nitrogens with one attached hydrogen (secondary N) is 1. The molecule has 1 heterocycles. The summed E-state index contributed by atoms with van der Waals surface area (Å²) in [5, 5.41) is 3.36. The summed E-state index contributed by atoms with van der Waals surface area (Å²) in [5.41, 5.74) is 2.53. The van der Waals surface area contributed by atoms with E-state index in [0.29, 0.717) is 12.2 Å². The molecule has 0 aliphatic heterocycles. The van der Waals surface area contributed by atoms with Gasteiger partial charge in [0.2, 0.25) is 0 Å². The smallest absolute Gasteiger partial charge is 0.305 e. The van der Waals surface area contributed by atoms with E-state index >= 15 is 0 Å². The summed E-state index contributed by atoms with van der Waals surface area (Å²) in [6, 6.07) is 9.81. The van der Waals surface area contributed by atoms with Crippen LogP contribution in [0, 0.1) is 6.92 Å². The van der Waals surface area contributed by atoms with Gasteiger partial charge in [-0.15, -0.1) is 0 Å². The summed E-state index contributed by atoms with van der Waals surface area (Å²) < 4.78 is 2.60. The first-order chi connectivity index (χ1) is 9.91. The molecule has 0 spiro atoms. The minimum Gasteiger partial charge on any atom is -0.305 e. The highest BCUT2D eigenvalue weighted by atomic mass is 16.2. The van der Waals surface area contributed by atoms with Crippen molar-refractivity contribution in [3.63, 3.8) is 0 Å². The van der Waals surface area contributed by atoms with Gasteiger partial charge >= 0.3 is 5.69 Å². The second-order valence-electron chi connectivity index (χ2n) is 5.33. The van der Waals surface area contributed by atoms with Crippen LogP contribution in [0.2, 0.25) is 0 Å². The molecule has 1 aromatic carbocycles. The molecule has 0 aliphatic rings. The minimum atomic E-state index is -0.303. The van der Waals surface area contributed by atoms with Gasteiger partial charge in [-0.05, 0) is 25.0 Å². The van der Waals surface area contributed by atoms with E-state index in [9.17, 15) is 9.59 Å². The van der Waals surface area contributed by atoms with Crippen LogP contribution >= 0.6 is 0 Å². The largest absolute Gasteiger partial charge is 0.330 e. The number of nitrogens with zero attached hydrogens (tertiary/aromatic N) is 2. The van der Waals surface area contributed by atoms with E-state index in [-0.39, 0.29) is 17.3 Å². The standard InChI is InChI=1S/C16H21N3O2/c1-11-7-5-6-8-14(11)12(2)17-10-13-9-15(20)19(4)16(21)18(13)3/h5-9,12,17H,10H2,1-4H3/t12-/m0/s1. The maximum atomic E-state index is 11.9. The first-order valence-electron chi connectivity index (χ1n) is 6.96. The minimum absolute atomic E-state index is 0.144. The van der Waals surface area contributed by atoms with Crippen molar-refractivity contribution in [3.05, 3.63) is 68.0 Å². The molecule has 1 aromatic heterocycles. The van der Waals surface area contributed by atoms with Crippen molar-refractivity contribution in [2.75, 3.05) is 0 Å². The van der Waals surface area contributed by atoms with E-state index in [1.807, 2.05) is 12.1 Å². The topological polar surface area (TPSA) is 56.0 Å². The van der Waals surface area contributed by atoms with Gasteiger partial charge < -0.3 is 5.32 Å². The van der Waals surface area contributed by atoms with Crippen molar-refractivity contribution in [3.8, 4) is 0 Å². The lowest BCUT2D eigenvalue weighted by molar-refractivity contribution is 0.538. The third-order valence-electron chi connectivity index (χ3n) is 3.87. The molecule has 0 fully saturated rings. The second-order valence-corrected chi connectivity index (χ2v) is 5.33. The molecule has 0 aliphatic carbocycles. The van der Waals surface area contributed by atoms with Crippen LogP contribution in [-0.2, 0) is 20.6 Å². The van der Waals surface area contributed by atoms with Gasteiger partial charge in [0, 0.05) is 38.4 Å². The van der Waals surface area contributed by atoms with Crippen LogP contribution in [0.25, 0.3) is 0 Å². The fraction of sp³-hybridized carbons (Fsp3) is 0.375. The summed E-state index contributed by atoms with van der Waals surface area (Å²) in [7, 11) is 3.16. The normalized spacial score (nSPS) is 12.4.